The van der Waals surface area contributed by atoms with Gasteiger partial charge in [0, 0.05) is 19.4 Å². The second-order valence-corrected chi connectivity index (χ2v) is 18.1. The first-order valence-electron chi connectivity index (χ1n) is 27.5. The topological polar surface area (TPSA) is 61.8 Å². The van der Waals surface area contributed by atoms with Gasteiger partial charge in [-0.25, -0.2) is 0 Å². The van der Waals surface area contributed by atoms with Gasteiger partial charge in [-0.1, -0.05) is 235 Å². The van der Waals surface area contributed by atoms with Gasteiger partial charge in [0.2, 0.25) is 0 Å². The molecule has 0 bridgehead atoms. The van der Waals surface area contributed by atoms with Crippen molar-refractivity contribution in [2.45, 2.75) is 271 Å². The van der Waals surface area contributed by atoms with Crippen LogP contribution in [0, 0.1) is 0 Å². The predicted octanol–water partition coefficient (Wildman–Crippen LogP) is 18.7. The third-order valence-electron chi connectivity index (χ3n) is 11.7. The number of hydrogen-bond donors (Lipinski definition) is 0. The van der Waals surface area contributed by atoms with Gasteiger partial charge >= 0.3 is 11.9 Å². The minimum Gasteiger partial charge on any atom is -0.462 e. The Hall–Kier alpha value is -2.66. The standard InChI is InChI=1S/C59H104O5/c1-4-7-10-13-16-19-22-24-26-28-29-30-32-34-36-39-42-45-48-51-54-62-55-57(64-59(61)53-50-47-44-41-37-21-18-15-12-9-6-3)56-63-58(60)52-49-46-43-40-38-35-33-31-27-25-23-20-17-14-11-8-5-2/h7,10,16-17,19-20,24-27,29-30,57H,4-6,8-9,11-15,18,21-23,28,31-56H2,1-3H3/b10-7-,19-16-,20-17-,26-24-,27-25-,30-29-. The molecule has 0 aliphatic carbocycles. The quantitative estimate of drug-likeness (QED) is 0.0346. The Bertz CT molecular complexity index is 1150. The molecule has 0 aliphatic heterocycles. The molecule has 0 rings (SSSR count). The number of rotatable bonds is 50. The van der Waals surface area contributed by atoms with E-state index in [1.807, 2.05) is 0 Å². The minimum atomic E-state index is -0.545. The first-order valence-corrected chi connectivity index (χ1v) is 27.5. The van der Waals surface area contributed by atoms with Crippen molar-refractivity contribution in [3.8, 4) is 0 Å². The molecule has 0 aromatic rings. The van der Waals surface area contributed by atoms with Gasteiger partial charge in [0.15, 0.2) is 6.10 Å². The molecule has 0 spiro atoms. The zero-order valence-electron chi connectivity index (χ0n) is 42.5. The lowest BCUT2D eigenvalue weighted by Gasteiger charge is -2.18. The van der Waals surface area contributed by atoms with Crippen LogP contribution in [-0.4, -0.2) is 37.9 Å². The van der Waals surface area contributed by atoms with E-state index < -0.39 is 6.10 Å². The van der Waals surface area contributed by atoms with Gasteiger partial charge in [-0.3, -0.25) is 9.59 Å². The Morgan fingerprint density at radius 3 is 1.16 bits per heavy atom. The van der Waals surface area contributed by atoms with Crippen LogP contribution in [-0.2, 0) is 23.8 Å². The predicted molar refractivity (Wildman–Crippen MR) is 279 cm³/mol. The fourth-order valence-corrected chi connectivity index (χ4v) is 7.65. The lowest BCUT2D eigenvalue weighted by molar-refractivity contribution is -0.163. The molecule has 1 atom stereocenters. The molecule has 0 aliphatic rings. The summed E-state index contributed by atoms with van der Waals surface area (Å²) in [5.74, 6) is -0.406. The summed E-state index contributed by atoms with van der Waals surface area (Å²) in [6.45, 7) is 7.68. The smallest absolute Gasteiger partial charge is 0.306 e. The normalized spacial score (nSPS) is 12.7. The molecule has 0 saturated carbocycles. The lowest BCUT2D eigenvalue weighted by atomic mass is 10.1. The first kappa shape index (κ1) is 61.3. The van der Waals surface area contributed by atoms with Crippen LogP contribution in [0.1, 0.15) is 265 Å². The monoisotopic (exact) mass is 893 g/mol. The van der Waals surface area contributed by atoms with Crippen molar-refractivity contribution in [2.75, 3.05) is 19.8 Å². The average Bonchev–Trinajstić information content (AvgIpc) is 3.30. The maximum Gasteiger partial charge on any atom is 0.306 e. The van der Waals surface area contributed by atoms with Crippen molar-refractivity contribution in [2.24, 2.45) is 0 Å². The van der Waals surface area contributed by atoms with Crippen molar-refractivity contribution in [1.82, 2.24) is 0 Å². The Balaban J connectivity index is 4.25. The summed E-state index contributed by atoms with van der Waals surface area (Å²) in [7, 11) is 0. The highest BCUT2D eigenvalue weighted by molar-refractivity contribution is 5.70. The summed E-state index contributed by atoms with van der Waals surface area (Å²) in [4.78, 5) is 25.4. The van der Waals surface area contributed by atoms with Crippen molar-refractivity contribution < 1.29 is 23.8 Å². The molecule has 0 radical (unpaired) electrons. The second kappa shape index (κ2) is 54.7. The zero-order valence-corrected chi connectivity index (χ0v) is 42.5. The SMILES string of the molecule is CC/C=C\C/C=C\C/C=C\C/C=C\CCCCCCCCCOCC(COC(=O)CCCCCCCCC/C=C\C/C=C\CCCCC)OC(=O)CCCCCCCCCCCCC. The van der Waals surface area contributed by atoms with Gasteiger partial charge in [-0.05, 0) is 89.9 Å². The van der Waals surface area contributed by atoms with Gasteiger partial charge in [0.1, 0.15) is 6.61 Å². The molecule has 0 N–H and O–H groups in total. The van der Waals surface area contributed by atoms with E-state index in [1.54, 1.807) is 0 Å². The number of ether oxygens (including phenoxy) is 3. The Morgan fingerprint density at radius 1 is 0.359 bits per heavy atom. The molecule has 0 fully saturated rings. The van der Waals surface area contributed by atoms with Crippen LogP contribution in [0.3, 0.4) is 0 Å². The van der Waals surface area contributed by atoms with Gasteiger partial charge in [-0.2, -0.15) is 0 Å². The summed E-state index contributed by atoms with van der Waals surface area (Å²) >= 11 is 0. The fourth-order valence-electron chi connectivity index (χ4n) is 7.65. The molecular weight excluding hydrogens is 789 g/mol. The molecule has 64 heavy (non-hydrogen) atoms. The van der Waals surface area contributed by atoms with Crippen LogP contribution in [0.15, 0.2) is 72.9 Å². The van der Waals surface area contributed by atoms with Gasteiger partial charge in [0.25, 0.3) is 0 Å². The molecular formula is C59H104O5. The van der Waals surface area contributed by atoms with Crippen LogP contribution in [0.2, 0.25) is 0 Å². The summed E-state index contributed by atoms with van der Waals surface area (Å²) in [5.41, 5.74) is 0. The number of hydrogen-bond acceptors (Lipinski definition) is 5. The van der Waals surface area contributed by atoms with Gasteiger partial charge < -0.3 is 14.2 Å². The molecule has 0 saturated heterocycles. The number of unbranched alkanes of at least 4 members (excludes halogenated alkanes) is 27. The van der Waals surface area contributed by atoms with E-state index in [0.29, 0.717) is 19.4 Å². The Kier molecular flexibility index (Phi) is 52.4. The van der Waals surface area contributed by atoms with Crippen molar-refractivity contribution in [3.05, 3.63) is 72.9 Å². The van der Waals surface area contributed by atoms with Crippen LogP contribution in [0.5, 0.6) is 0 Å². The molecule has 0 aromatic carbocycles. The maximum absolute atomic E-state index is 12.8. The minimum absolute atomic E-state index is 0.0768. The average molecular weight is 893 g/mol. The first-order chi connectivity index (χ1) is 31.6. The van der Waals surface area contributed by atoms with Gasteiger partial charge in [-0.15, -0.1) is 0 Å². The molecule has 370 valence electrons. The van der Waals surface area contributed by atoms with E-state index >= 15 is 0 Å². The van der Waals surface area contributed by atoms with Crippen molar-refractivity contribution in [1.29, 1.82) is 0 Å². The fraction of sp³-hybridized carbons (Fsp3) is 0.763. The maximum atomic E-state index is 12.8. The molecule has 5 heteroatoms. The number of carbonyl (C=O) groups excluding carboxylic acids is 2. The summed E-state index contributed by atoms with van der Waals surface area (Å²) < 4.78 is 17.4. The number of esters is 2. The number of allylic oxidation sites excluding steroid dienone is 12. The van der Waals surface area contributed by atoms with Crippen LogP contribution in [0.4, 0.5) is 0 Å². The van der Waals surface area contributed by atoms with E-state index in [-0.39, 0.29) is 25.2 Å². The van der Waals surface area contributed by atoms with E-state index in [0.717, 1.165) is 77.0 Å². The van der Waals surface area contributed by atoms with Crippen LogP contribution >= 0.6 is 0 Å². The highest BCUT2D eigenvalue weighted by atomic mass is 16.6. The van der Waals surface area contributed by atoms with Crippen molar-refractivity contribution in [3.63, 3.8) is 0 Å². The van der Waals surface area contributed by atoms with E-state index in [2.05, 4.69) is 93.7 Å². The van der Waals surface area contributed by atoms with Crippen molar-refractivity contribution >= 4 is 11.9 Å². The molecule has 1 unspecified atom stereocenters. The molecule has 0 aromatic heterocycles. The van der Waals surface area contributed by atoms with E-state index in [1.165, 1.54) is 154 Å². The highest BCUT2D eigenvalue weighted by Crippen LogP contribution is 2.15. The summed E-state index contributed by atoms with van der Waals surface area (Å²) in [5, 5.41) is 0. The number of carbonyl (C=O) groups is 2. The van der Waals surface area contributed by atoms with Crippen LogP contribution in [0.25, 0.3) is 0 Å². The second-order valence-electron chi connectivity index (χ2n) is 18.1. The third kappa shape index (κ3) is 52.0. The lowest BCUT2D eigenvalue weighted by Crippen LogP contribution is -2.30. The van der Waals surface area contributed by atoms with E-state index in [9.17, 15) is 9.59 Å². The zero-order chi connectivity index (χ0) is 46.3. The van der Waals surface area contributed by atoms with Crippen LogP contribution < -0.4 is 0 Å². The Labute approximate surface area is 397 Å². The summed E-state index contributed by atoms with van der Waals surface area (Å²) in [6.07, 6.45) is 70.5. The van der Waals surface area contributed by atoms with Gasteiger partial charge in [0.05, 0.1) is 6.61 Å². The largest absolute Gasteiger partial charge is 0.462 e. The highest BCUT2D eigenvalue weighted by Gasteiger charge is 2.17. The molecule has 0 heterocycles. The summed E-state index contributed by atoms with van der Waals surface area (Å²) in [6, 6.07) is 0. The van der Waals surface area contributed by atoms with E-state index in [4.69, 9.17) is 14.2 Å². The molecule has 5 nitrogen and oxygen atoms in total. The third-order valence-corrected chi connectivity index (χ3v) is 11.7. The Morgan fingerprint density at radius 2 is 0.703 bits per heavy atom. The molecule has 0 amide bonds.